The van der Waals surface area contributed by atoms with Gasteiger partial charge in [0.05, 0.1) is 23.7 Å². The molecule has 1 heterocycles. The van der Waals surface area contributed by atoms with Crippen LogP contribution in [0.5, 0.6) is 0 Å². The number of nitrogens with zero attached hydrogens (tertiary/aromatic N) is 1. The molecule has 0 saturated carbocycles. The zero-order chi connectivity index (χ0) is 15.6. The maximum atomic E-state index is 13.7. The number of carbonyl (C=O) groups excluding carboxylic acids is 1. The summed E-state index contributed by atoms with van der Waals surface area (Å²) in [5.74, 6) is -0.359. The summed E-state index contributed by atoms with van der Waals surface area (Å²) < 4.78 is 25.0. The zero-order valence-corrected chi connectivity index (χ0v) is 13.9. The van der Waals surface area contributed by atoms with Gasteiger partial charge >= 0.3 is 6.09 Å². The molecule has 1 aliphatic heterocycles. The molecule has 1 atom stereocenters. The van der Waals surface area contributed by atoms with Gasteiger partial charge in [-0.15, -0.1) is 0 Å². The molecule has 1 aliphatic rings. The molecule has 1 unspecified atom stereocenters. The minimum atomic E-state index is -0.565. The molecule has 1 fully saturated rings. The molecular formula is C15H19BrFNO3. The van der Waals surface area contributed by atoms with E-state index in [-0.39, 0.29) is 11.9 Å². The second-order valence-electron chi connectivity index (χ2n) is 5.94. The quantitative estimate of drug-likeness (QED) is 0.763. The summed E-state index contributed by atoms with van der Waals surface area (Å²) in [4.78, 5) is 13.9. The molecule has 4 nitrogen and oxygen atoms in total. The molecule has 2 rings (SSSR count). The van der Waals surface area contributed by atoms with Gasteiger partial charge in [0, 0.05) is 6.54 Å². The van der Waals surface area contributed by atoms with E-state index in [0.29, 0.717) is 29.8 Å². The van der Waals surface area contributed by atoms with E-state index in [9.17, 15) is 9.18 Å². The number of benzene rings is 1. The Morgan fingerprint density at radius 3 is 2.81 bits per heavy atom. The Balaban J connectivity index is 2.22. The van der Waals surface area contributed by atoms with Gasteiger partial charge in [-0.1, -0.05) is 6.07 Å². The Hall–Kier alpha value is -1.14. The second kappa shape index (κ2) is 6.32. The highest BCUT2D eigenvalue weighted by Crippen LogP contribution is 2.28. The number of amides is 1. The molecule has 6 heteroatoms. The molecule has 0 aliphatic carbocycles. The van der Waals surface area contributed by atoms with Crippen molar-refractivity contribution in [3.63, 3.8) is 0 Å². The standard InChI is InChI=1S/C15H19BrFNO3/c1-15(2,3)21-14(19)18-6-7-20-9-13(18)10-4-5-11(16)12(17)8-10/h4-5,8,13H,6-7,9H2,1-3H3. The van der Waals surface area contributed by atoms with E-state index in [2.05, 4.69) is 15.9 Å². The molecule has 21 heavy (non-hydrogen) atoms. The van der Waals surface area contributed by atoms with Gasteiger partial charge in [0.25, 0.3) is 0 Å². The second-order valence-corrected chi connectivity index (χ2v) is 6.79. The first-order chi connectivity index (χ1) is 9.78. The van der Waals surface area contributed by atoms with Crippen LogP contribution in [0.3, 0.4) is 0 Å². The molecule has 0 radical (unpaired) electrons. The van der Waals surface area contributed by atoms with Crippen molar-refractivity contribution in [2.45, 2.75) is 32.4 Å². The Kier molecular flexibility index (Phi) is 4.88. The van der Waals surface area contributed by atoms with E-state index in [1.807, 2.05) is 20.8 Å². The smallest absolute Gasteiger partial charge is 0.410 e. The Morgan fingerprint density at radius 2 is 2.19 bits per heavy atom. The fourth-order valence-corrected chi connectivity index (χ4v) is 2.39. The molecular weight excluding hydrogens is 341 g/mol. The van der Waals surface area contributed by atoms with Crippen molar-refractivity contribution in [3.05, 3.63) is 34.1 Å². The number of hydrogen-bond acceptors (Lipinski definition) is 3. The van der Waals surface area contributed by atoms with E-state index < -0.39 is 11.7 Å². The van der Waals surface area contributed by atoms with Crippen molar-refractivity contribution in [2.75, 3.05) is 19.8 Å². The van der Waals surface area contributed by atoms with E-state index in [0.717, 1.165) is 0 Å². The molecule has 116 valence electrons. The number of morpholine rings is 1. The predicted molar refractivity (Wildman–Crippen MR) is 80.6 cm³/mol. The van der Waals surface area contributed by atoms with Crippen LogP contribution in [-0.4, -0.2) is 36.4 Å². The Labute approximate surface area is 132 Å². The fourth-order valence-electron chi connectivity index (χ4n) is 2.14. The van der Waals surface area contributed by atoms with Gasteiger partial charge in [-0.05, 0) is 54.4 Å². The molecule has 1 saturated heterocycles. The van der Waals surface area contributed by atoms with Gasteiger partial charge in [-0.25, -0.2) is 9.18 Å². The van der Waals surface area contributed by atoms with Gasteiger partial charge < -0.3 is 9.47 Å². The van der Waals surface area contributed by atoms with Gasteiger partial charge in [-0.2, -0.15) is 0 Å². The lowest BCUT2D eigenvalue weighted by Crippen LogP contribution is -2.45. The lowest BCUT2D eigenvalue weighted by atomic mass is 10.1. The number of carbonyl (C=O) groups is 1. The minimum absolute atomic E-state index is 0.334. The summed E-state index contributed by atoms with van der Waals surface area (Å²) in [5, 5.41) is 0. The molecule has 0 aromatic heterocycles. The lowest BCUT2D eigenvalue weighted by molar-refractivity contribution is -0.0331. The number of ether oxygens (including phenoxy) is 2. The van der Waals surface area contributed by atoms with Crippen molar-refractivity contribution in [2.24, 2.45) is 0 Å². The third-order valence-corrected chi connectivity index (χ3v) is 3.73. The Bertz CT molecular complexity index is 530. The van der Waals surface area contributed by atoms with Crippen molar-refractivity contribution < 1.29 is 18.7 Å². The van der Waals surface area contributed by atoms with Crippen LogP contribution in [0.25, 0.3) is 0 Å². The average Bonchev–Trinajstić information content (AvgIpc) is 2.40. The van der Waals surface area contributed by atoms with Crippen LogP contribution in [0, 0.1) is 5.82 Å². The molecule has 1 amide bonds. The van der Waals surface area contributed by atoms with Gasteiger partial charge in [0.2, 0.25) is 0 Å². The maximum Gasteiger partial charge on any atom is 0.410 e. The highest BCUT2D eigenvalue weighted by Gasteiger charge is 2.32. The van der Waals surface area contributed by atoms with Crippen LogP contribution < -0.4 is 0 Å². The van der Waals surface area contributed by atoms with E-state index >= 15 is 0 Å². The maximum absolute atomic E-state index is 13.7. The largest absolute Gasteiger partial charge is 0.444 e. The lowest BCUT2D eigenvalue weighted by Gasteiger charge is -2.36. The molecule has 1 aromatic rings. The van der Waals surface area contributed by atoms with Crippen LogP contribution in [-0.2, 0) is 9.47 Å². The number of rotatable bonds is 1. The molecule has 0 spiro atoms. The van der Waals surface area contributed by atoms with Crippen molar-refractivity contribution in [1.82, 2.24) is 4.90 Å². The highest BCUT2D eigenvalue weighted by molar-refractivity contribution is 9.10. The summed E-state index contributed by atoms with van der Waals surface area (Å²) >= 11 is 3.13. The summed E-state index contributed by atoms with van der Waals surface area (Å²) in [7, 11) is 0. The van der Waals surface area contributed by atoms with Crippen molar-refractivity contribution in [3.8, 4) is 0 Å². The van der Waals surface area contributed by atoms with Crippen LogP contribution in [0.4, 0.5) is 9.18 Å². The third kappa shape index (κ3) is 4.17. The van der Waals surface area contributed by atoms with Crippen LogP contribution in [0.2, 0.25) is 0 Å². The predicted octanol–water partition coefficient (Wildman–Crippen LogP) is 3.90. The number of hydrogen-bond donors (Lipinski definition) is 0. The monoisotopic (exact) mass is 359 g/mol. The Morgan fingerprint density at radius 1 is 1.48 bits per heavy atom. The summed E-state index contributed by atoms with van der Waals surface area (Å²) in [6.45, 7) is 6.67. The molecule has 1 aromatic carbocycles. The highest BCUT2D eigenvalue weighted by atomic mass is 79.9. The van der Waals surface area contributed by atoms with Crippen molar-refractivity contribution in [1.29, 1.82) is 0 Å². The zero-order valence-electron chi connectivity index (χ0n) is 12.4. The van der Waals surface area contributed by atoms with Crippen molar-refractivity contribution >= 4 is 22.0 Å². The first-order valence-electron chi connectivity index (χ1n) is 6.80. The van der Waals surface area contributed by atoms with E-state index in [1.165, 1.54) is 6.07 Å². The fraction of sp³-hybridized carbons (Fsp3) is 0.533. The topological polar surface area (TPSA) is 38.8 Å². The molecule has 0 N–H and O–H groups in total. The van der Waals surface area contributed by atoms with E-state index in [4.69, 9.17) is 9.47 Å². The van der Waals surface area contributed by atoms with Crippen LogP contribution in [0.1, 0.15) is 32.4 Å². The summed E-state index contributed by atoms with van der Waals surface area (Å²) in [6, 6.07) is 4.49. The SMILES string of the molecule is CC(C)(C)OC(=O)N1CCOCC1c1ccc(Br)c(F)c1. The molecule has 0 bridgehead atoms. The normalized spacial score (nSPS) is 19.5. The third-order valence-electron chi connectivity index (χ3n) is 3.08. The summed E-state index contributed by atoms with van der Waals surface area (Å²) in [5.41, 5.74) is 0.131. The first kappa shape index (κ1) is 16.2. The minimum Gasteiger partial charge on any atom is -0.444 e. The van der Waals surface area contributed by atoms with Gasteiger partial charge in [0.15, 0.2) is 0 Å². The van der Waals surface area contributed by atoms with E-state index in [1.54, 1.807) is 17.0 Å². The number of halogens is 2. The van der Waals surface area contributed by atoms with Crippen LogP contribution in [0.15, 0.2) is 22.7 Å². The van der Waals surface area contributed by atoms with Crippen LogP contribution >= 0.6 is 15.9 Å². The first-order valence-corrected chi connectivity index (χ1v) is 7.59. The van der Waals surface area contributed by atoms with Gasteiger partial charge in [-0.3, -0.25) is 4.90 Å². The summed E-state index contributed by atoms with van der Waals surface area (Å²) in [6.07, 6.45) is -0.404. The average molecular weight is 360 g/mol. The van der Waals surface area contributed by atoms with Gasteiger partial charge in [0.1, 0.15) is 11.4 Å².